The van der Waals surface area contributed by atoms with E-state index in [1.54, 1.807) is 7.11 Å². The predicted molar refractivity (Wildman–Crippen MR) is 76.4 cm³/mol. The van der Waals surface area contributed by atoms with Crippen LogP contribution in [0.5, 0.6) is 5.75 Å². The molecule has 0 aliphatic heterocycles. The number of benzene rings is 1. The second-order valence-corrected chi connectivity index (χ2v) is 4.92. The minimum Gasteiger partial charge on any atom is -0.497 e. The molecule has 0 aliphatic rings. The Hall–Kier alpha value is -1.10. The van der Waals surface area contributed by atoms with Gasteiger partial charge in [0.15, 0.2) is 0 Å². The summed E-state index contributed by atoms with van der Waals surface area (Å²) < 4.78 is 16.0. The molecule has 1 aromatic carbocycles. The molecular weight excluding hydrogens is 242 g/mol. The first-order chi connectivity index (χ1) is 9.13. The topological polar surface area (TPSA) is 53.7 Å². The van der Waals surface area contributed by atoms with Gasteiger partial charge >= 0.3 is 0 Å². The largest absolute Gasteiger partial charge is 0.497 e. The molecule has 108 valence electrons. The van der Waals surface area contributed by atoms with Gasteiger partial charge in [0.05, 0.1) is 33.0 Å². The van der Waals surface area contributed by atoms with Crippen LogP contribution in [0.25, 0.3) is 0 Å². The molecule has 0 fully saturated rings. The van der Waals surface area contributed by atoms with E-state index in [1.807, 2.05) is 24.3 Å². The highest BCUT2D eigenvalue weighted by atomic mass is 16.5. The Balaban J connectivity index is 2.17. The van der Waals surface area contributed by atoms with Gasteiger partial charge in [-0.15, -0.1) is 0 Å². The van der Waals surface area contributed by atoms with Crippen LogP contribution in [0.1, 0.15) is 25.5 Å². The fraction of sp³-hybridized carbons (Fsp3) is 0.600. The fourth-order valence-corrected chi connectivity index (χ4v) is 1.59. The highest BCUT2D eigenvalue weighted by molar-refractivity contribution is 5.28. The van der Waals surface area contributed by atoms with E-state index in [9.17, 15) is 0 Å². The molecule has 1 atom stereocenters. The Bertz CT molecular complexity index is 338. The Kier molecular flexibility index (Phi) is 7.48. The predicted octanol–water partition coefficient (Wildman–Crippen LogP) is 2.38. The second-order valence-electron chi connectivity index (χ2n) is 4.92. The summed E-state index contributed by atoms with van der Waals surface area (Å²) in [5.74, 6) is 1.39. The van der Waals surface area contributed by atoms with E-state index in [0.717, 1.165) is 17.9 Å². The van der Waals surface area contributed by atoms with Crippen LogP contribution in [0.3, 0.4) is 0 Å². The zero-order valence-corrected chi connectivity index (χ0v) is 12.1. The van der Waals surface area contributed by atoms with Crippen molar-refractivity contribution in [3.05, 3.63) is 29.8 Å². The first-order valence-electron chi connectivity index (χ1n) is 6.68. The lowest BCUT2D eigenvalue weighted by Gasteiger charge is -2.13. The Morgan fingerprint density at radius 1 is 1.00 bits per heavy atom. The maximum atomic E-state index is 6.04. The van der Waals surface area contributed by atoms with E-state index in [1.165, 1.54) is 0 Å². The van der Waals surface area contributed by atoms with E-state index < -0.39 is 0 Å². The molecule has 0 bridgehead atoms. The van der Waals surface area contributed by atoms with Crippen molar-refractivity contribution in [2.75, 3.05) is 33.5 Å². The van der Waals surface area contributed by atoms with E-state index in [2.05, 4.69) is 13.8 Å². The minimum atomic E-state index is -0.115. The fourth-order valence-electron chi connectivity index (χ4n) is 1.59. The second kappa shape index (κ2) is 8.91. The molecule has 0 amide bonds. The van der Waals surface area contributed by atoms with Crippen molar-refractivity contribution in [2.45, 2.75) is 19.9 Å². The molecule has 0 saturated carbocycles. The van der Waals surface area contributed by atoms with Gasteiger partial charge in [0.1, 0.15) is 5.75 Å². The number of nitrogens with two attached hydrogens (primary N) is 1. The Morgan fingerprint density at radius 3 is 2.11 bits per heavy atom. The molecule has 4 nitrogen and oxygen atoms in total. The van der Waals surface area contributed by atoms with E-state index in [0.29, 0.717) is 25.7 Å². The van der Waals surface area contributed by atoms with Gasteiger partial charge in [0.2, 0.25) is 0 Å². The summed E-state index contributed by atoms with van der Waals surface area (Å²) in [5.41, 5.74) is 7.09. The molecule has 0 spiro atoms. The van der Waals surface area contributed by atoms with Gasteiger partial charge in [-0.3, -0.25) is 0 Å². The van der Waals surface area contributed by atoms with Gasteiger partial charge in [0, 0.05) is 6.61 Å². The summed E-state index contributed by atoms with van der Waals surface area (Å²) in [7, 11) is 1.65. The molecule has 0 aromatic heterocycles. The molecule has 0 radical (unpaired) electrons. The molecule has 4 heteroatoms. The van der Waals surface area contributed by atoms with Crippen LogP contribution in [0.4, 0.5) is 0 Å². The zero-order chi connectivity index (χ0) is 14.1. The van der Waals surface area contributed by atoms with E-state index in [-0.39, 0.29) is 6.04 Å². The molecule has 1 unspecified atom stereocenters. The number of hydrogen-bond acceptors (Lipinski definition) is 4. The Labute approximate surface area is 115 Å². The zero-order valence-electron chi connectivity index (χ0n) is 12.1. The third-order valence-corrected chi connectivity index (χ3v) is 2.66. The van der Waals surface area contributed by atoms with Crippen molar-refractivity contribution < 1.29 is 14.2 Å². The van der Waals surface area contributed by atoms with Crippen LogP contribution < -0.4 is 10.5 Å². The van der Waals surface area contributed by atoms with Crippen LogP contribution in [0.2, 0.25) is 0 Å². The first kappa shape index (κ1) is 16.0. The minimum absolute atomic E-state index is 0.115. The van der Waals surface area contributed by atoms with Crippen LogP contribution in [0.15, 0.2) is 24.3 Å². The summed E-state index contributed by atoms with van der Waals surface area (Å²) in [6.45, 7) is 6.72. The van der Waals surface area contributed by atoms with Gasteiger partial charge in [-0.05, 0) is 23.6 Å². The van der Waals surface area contributed by atoms with E-state index in [4.69, 9.17) is 19.9 Å². The highest BCUT2D eigenvalue weighted by Gasteiger charge is 2.06. The number of methoxy groups -OCH3 is 1. The average molecular weight is 267 g/mol. The maximum Gasteiger partial charge on any atom is 0.118 e. The highest BCUT2D eigenvalue weighted by Crippen LogP contribution is 2.16. The van der Waals surface area contributed by atoms with Gasteiger partial charge in [-0.25, -0.2) is 0 Å². The normalized spacial score (nSPS) is 12.7. The number of rotatable bonds is 9. The van der Waals surface area contributed by atoms with Gasteiger partial charge in [-0.2, -0.15) is 0 Å². The lowest BCUT2D eigenvalue weighted by atomic mass is 10.1. The van der Waals surface area contributed by atoms with Gasteiger partial charge in [0.25, 0.3) is 0 Å². The standard InChI is InChI=1S/C15H25NO3/c1-12(2)10-18-8-9-19-11-15(16)13-4-6-14(17-3)7-5-13/h4-7,12,15H,8-11,16H2,1-3H3. The lowest BCUT2D eigenvalue weighted by molar-refractivity contribution is 0.0333. The van der Waals surface area contributed by atoms with E-state index >= 15 is 0 Å². The molecule has 1 rings (SSSR count). The molecule has 2 N–H and O–H groups in total. The van der Waals surface area contributed by atoms with Gasteiger partial charge < -0.3 is 19.9 Å². The summed E-state index contributed by atoms with van der Waals surface area (Å²) >= 11 is 0. The molecule has 0 saturated heterocycles. The molecule has 0 heterocycles. The third kappa shape index (κ3) is 6.57. The van der Waals surface area contributed by atoms with Crippen LogP contribution in [-0.4, -0.2) is 33.5 Å². The lowest BCUT2D eigenvalue weighted by Crippen LogP contribution is -2.19. The average Bonchev–Trinajstić information content (AvgIpc) is 2.42. The monoisotopic (exact) mass is 267 g/mol. The maximum absolute atomic E-state index is 6.04. The summed E-state index contributed by atoms with van der Waals surface area (Å²) in [5, 5.41) is 0. The third-order valence-electron chi connectivity index (χ3n) is 2.66. The van der Waals surface area contributed by atoms with Crippen molar-refractivity contribution in [2.24, 2.45) is 11.7 Å². The van der Waals surface area contributed by atoms with Gasteiger partial charge in [-0.1, -0.05) is 26.0 Å². The molecule has 0 aliphatic carbocycles. The molecule has 19 heavy (non-hydrogen) atoms. The van der Waals surface area contributed by atoms with Crippen LogP contribution >= 0.6 is 0 Å². The summed E-state index contributed by atoms with van der Waals surface area (Å²) in [4.78, 5) is 0. The Morgan fingerprint density at radius 2 is 1.58 bits per heavy atom. The van der Waals surface area contributed by atoms with Crippen molar-refractivity contribution in [3.8, 4) is 5.75 Å². The summed E-state index contributed by atoms with van der Waals surface area (Å²) in [6.07, 6.45) is 0. The van der Waals surface area contributed by atoms with Crippen LogP contribution in [0, 0.1) is 5.92 Å². The van der Waals surface area contributed by atoms with Crippen molar-refractivity contribution in [1.82, 2.24) is 0 Å². The molecular formula is C15H25NO3. The number of hydrogen-bond donors (Lipinski definition) is 1. The smallest absolute Gasteiger partial charge is 0.118 e. The SMILES string of the molecule is COc1ccc(C(N)COCCOCC(C)C)cc1. The van der Waals surface area contributed by atoms with Crippen molar-refractivity contribution in [1.29, 1.82) is 0 Å². The van der Waals surface area contributed by atoms with Crippen LogP contribution in [-0.2, 0) is 9.47 Å². The molecule has 1 aromatic rings. The number of ether oxygens (including phenoxy) is 3. The quantitative estimate of drug-likeness (QED) is 0.698. The first-order valence-corrected chi connectivity index (χ1v) is 6.68. The summed E-state index contributed by atoms with van der Waals surface area (Å²) in [6, 6.07) is 7.61. The van der Waals surface area contributed by atoms with Crippen molar-refractivity contribution in [3.63, 3.8) is 0 Å². The van der Waals surface area contributed by atoms with Crippen molar-refractivity contribution >= 4 is 0 Å².